The average molecular weight is 406 g/mol. The molecule has 1 fully saturated rings. The van der Waals surface area contributed by atoms with E-state index in [0.717, 1.165) is 20.9 Å². The summed E-state index contributed by atoms with van der Waals surface area (Å²) in [4.78, 5) is 40.8. The number of aryl methyl sites for hydroxylation is 1. The Morgan fingerprint density at radius 2 is 1.59 bits per heavy atom. The normalized spacial score (nSPS) is 14.6. The van der Waals surface area contributed by atoms with Crippen molar-refractivity contribution in [3.63, 3.8) is 0 Å². The van der Waals surface area contributed by atoms with Crippen LogP contribution in [-0.2, 0) is 16.1 Å². The van der Waals surface area contributed by atoms with Crippen LogP contribution in [0.5, 0.6) is 0 Å². The molecule has 4 amide bonds. The van der Waals surface area contributed by atoms with Crippen LogP contribution in [0.1, 0.15) is 11.1 Å². The lowest BCUT2D eigenvalue weighted by Crippen LogP contribution is -2.40. The van der Waals surface area contributed by atoms with Gasteiger partial charge in [0.1, 0.15) is 0 Å². The van der Waals surface area contributed by atoms with E-state index in [4.69, 9.17) is 23.2 Å². The van der Waals surface area contributed by atoms with Crippen molar-refractivity contribution in [1.82, 2.24) is 9.80 Å². The zero-order valence-electron chi connectivity index (χ0n) is 14.8. The molecule has 8 heteroatoms. The summed E-state index contributed by atoms with van der Waals surface area (Å²) in [7, 11) is 1.74. The molecule has 1 aliphatic heterocycles. The molecule has 140 valence electrons. The zero-order valence-corrected chi connectivity index (χ0v) is 16.3. The number of halogens is 2. The number of carbonyl (C=O) groups is 3. The third kappa shape index (κ3) is 3.98. The second-order valence-electron chi connectivity index (χ2n) is 6.40. The minimum Gasteiger partial charge on any atom is -0.284 e. The topological polar surface area (TPSA) is 60.9 Å². The number of rotatable bonds is 5. The molecule has 2 aromatic rings. The van der Waals surface area contributed by atoms with Crippen LogP contribution in [0, 0.1) is 6.92 Å². The fourth-order valence-electron chi connectivity index (χ4n) is 2.79. The summed E-state index contributed by atoms with van der Waals surface area (Å²) >= 11 is 11.9. The van der Waals surface area contributed by atoms with Gasteiger partial charge >= 0.3 is 17.8 Å². The maximum absolute atomic E-state index is 12.6. The lowest BCUT2D eigenvalue weighted by Gasteiger charge is -2.22. The summed E-state index contributed by atoms with van der Waals surface area (Å²) in [5.41, 5.74) is 2.23. The minimum atomic E-state index is -0.855. The number of hydrogen-bond acceptors (Lipinski definition) is 4. The molecule has 0 radical (unpaired) electrons. The largest absolute Gasteiger partial charge is 0.340 e. The van der Waals surface area contributed by atoms with Gasteiger partial charge in [0.15, 0.2) is 0 Å². The second-order valence-corrected chi connectivity index (χ2v) is 7.21. The summed E-state index contributed by atoms with van der Waals surface area (Å²) in [6.45, 7) is 2.30. The first kappa shape index (κ1) is 19.4. The molecule has 2 aromatic carbocycles. The smallest absolute Gasteiger partial charge is 0.284 e. The van der Waals surface area contributed by atoms with Crippen molar-refractivity contribution in [2.24, 2.45) is 0 Å². The Hall–Kier alpha value is -2.41. The van der Waals surface area contributed by atoms with Gasteiger partial charge in [-0.2, -0.15) is 0 Å². The Labute approximate surface area is 166 Å². The lowest BCUT2D eigenvalue weighted by molar-refractivity contribution is -0.140. The van der Waals surface area contributed by atoms with Crippen LogP contribution in [0.15, 0.2) is 42.5 Å². The number of amides is 4. The van der Waals surface area contributed by atoms with Crippen molar-refractivity contribution in [2.45, 2.75) is 13.5 Å². The molecule has 6 nitrogen and oxygen atoms in total. The molecule has 0 N–H and O–H groups in total. The van der Waals surface area contributed by atoms with Gasteiger partial charge in [-0.3, -0.25) is 14.5 Å². The predicted molar refractivity (Wildman–Crippen MR) is 104 cm³/mol. The van der Waals surface area contributed by atoms with E-state index in [0.29, 0.717) is 22.3 Å². The highest BCUT2D eigenvalue weighted by atomic mass is 35.5. The number of nitrogens with zero attached hydrogens (tertiary/aromatic N) is 3. The van der Waals surface area contributed by atoms with Gasteiger partial charge in [0.25, 0.3) is 0 Å². The summed E-state index contributed by atoms with van der Waals surface area (Å²) in [6.07, 6.45) is 0. The maximum Gasteiger partial charge on any atom is 0.340 e. The fraction of sp³-hybridized carbons (Fsp3) is 0.211. The Morgan fingerprint density at radius 3 is 2.22 bits per heavy atom. The summed E-state index contributed by atoms with van der Waals surface area (Å²) in [5.74, 6) is -1.70. The van der Waals surface area contributed by atoms with Crippen LogP contribution in [0.25, 0.3) is 0 Å². The van der Waals surface area contributed by atoms with Gasteiger partial charge < -0.3 is 0 Å². The molecule has 0 aromatic heterocycles. The van der Waals surface area contributed by atoms with Crippen molar-refractivity contribution in [3.05, 3.63) is 63.6 Å². The first-order valence-electron chi connectivity index (χ1n) is 8.17. The van der Waals surface area contributed by atoms with E-state index in [1.165, 1.54) is 0 Å². The molecule has 27 heavy (non-hydrogen) atoms. The Balaban J connectivity index is 1.73. The van der Waals surface area contributed by atoms with Gasteiger partial charge in [0.2, 0.25) is 0 Å². The lowest BCUT2D eigenvalue weighted by atomic mass is 10.2. The highest BCUT2D eigenvalue weighted by Gasteiger charge is 2.45. The number of benzene rings is 2. The molecular formula is C19H17Cl2N3O3. The minimum absolute atomic E-state index is 0.0218. The average Bonchev–Trinajstić information content (AvgIpc) is 2.83. The molecule has 0 saturated carbocycles. The van der Waals surface area contributed by atoms with Gasteiger partial charge in [0, 0.05) is 6.54 Å². The molecule has 1 saturated heterocycles. The second kappa shape index (κ2) is 7.68. The van der Waals surface area contributed by atoms with Crippen molar-refractivity contribution in [3.8, 4) is 0 Å². The van der Waals surface area contributed by atoms with E-state index >= 15 is 0 Å². The van der Waals surface area contributed by atoms with Crippen LogP contribution in [0.4, 0.5) is 10.5 Å². The predicted octanol–water partition coefficient (Wildman–Crippen LogP) is 3.69. The van der Waals surface area contributed by atoms with E-state index in [1.54, 1.807) is 48.3 Å². The molecular weight excluding hydrogens is 389 g/mol. The van der Waals surface area contributed by atoms with Crippen molar-refractivity contribution >= 4 is 46.7 Å². The Kier molecular flexibility index (Phi) is 5.51. The van der Waals surface area contributed by atoms with Crippen molar-refractivity contribution in [2.75, 3.05) is 18.6 Å². The molecule has 0 aliphatic carbocycles. The number of hydrogen-bond donors (Lipinski definition) is 0. The van der Waals surface area contributed by atoms with Gasteiger partial charge in [-0.15, -0.1) is 0 Å². The zero-order chi connectivity index (χ0) is 19.7. The molecule has 3 rings (SSSR count). The van der Waals surface area contributed by atoms with Crippen LogP contribution in [0.3, 0.4) is 0 Å². The Bertz CT molecular complexity index is 915. The summed E-state index contributed by atoms with van der Waals surface area (Å²) in [6, 6.07) is 11.4. The van der Waals surface area contributed by atoms with Gasteiger partial charge in [-0.05, 0) is 43.8 Å². The molecule has 0 atom stereocenters. The standard InChI is InChI=1S/C19H17Cl2N3O3/c1-12-3-6-14(7-4-12)24-18(26)17(25)23(19(24)27)11-22(2)10-13-5-8-15(20)16(21)9-13/h3-9H,10-11H2,1-2H3. The SMILES string of the molecule is Cc1ccc(N2C(=O)C(=O)N(CN(C)Cc3ccc(Cl)c(Cl)c3)C2=O)cc1. The number of imide groups is 2. The first-order valence-corrected chi connectivity index (χ1v) is 8.92. The monoisotopic (exact) mass is 405 g/mol. The molecule has 0 spiro atoms. The highest BCUT2D eigenvalue weighted by molar-refractivity contribution is 6.52. The quantitative estimate of drug-likeness (QED) is 0.562. The molecule has 1 heterocycles. The Morgan fingerprint density at radius 1 is 0.926 bits per heavy atom. The van der Waals surface area contributed by atoms with Crippen LogP contribution < -0.4 is 4.90 Å². The van der Waals surface area contributed by atoms with E-state index < -0.39 is 17.8 Å². The maximum atomic E-state index is 12.6. The van der Waals surface area contributed by atoms with Crippen molar-refractivity contribution < 1.29 is 14.4 Å². The summed E-state index contributed by atoms with van der Waals surface area (Å²) < 4.78 is 0. The number of urea groups is 1. The third-order valence-electron chi connectivity index (χ3n) is 4.16. The fourth-order valence-corrected chi connectivity index (χ4v) is 3.11. The van der Waals surface area contributed by atoms with Crippen molar-refractivity contribution in [1.29, 1.82) is 0 Å². The van der Waals surface area contributed by atoms with E-state index in [2.05, 4.69) is 0 Å². The van der Waals surface area contributed by atoms with E-state index in [-0.39, 0.29) is 6.67 Å². The van der Waals surface area contributed by atoms with Gasteiger partial charge in [0.05, 0.1) is 22.4 Å². The highest BCUT2D eigenvalue weighted by Crippen LogP contribution is 2.25. The first-order chi connectivity index (χ1) is 12.8. The van der Waals surface area contributed by atoms with Crippen LogP contribution >= 0.6 is 23.2 Å². The van der Waals surface area contributed by atoms with Crippen LogP contribution in [0.2, 0.25) is 10.0 Å². The number of anilines is 1. The van der Waals surface area contributed by atoms with Gasteiger partial charge in [-0.25, -0.2) is 14.6 Å². The van der Waals surface area contributed by atoms with Gasteiger partial charge in [-0.1, -0.05) is 47.0 Å². The molecule has 1 aliphatic rings. The third-order valence-corrected chi connectivity index (χ3v) is 4.90. The van der Waals surface area contributed by atoms with E-state index in [9.17, 15) is 14.4 Å². The molecule has 0 unspecified atom stereocenters. The molecule has 0 bridgehead atoms. The van der Waals surface area contributed by atoms with Crippen LogP contribution in [-0.4, -0.2) is 41.4 Å². The number of carbonyl (C=O) groups excluding carboxylic acids is 3. The summed E-state index contributed by atoms with van der Waals surface area (Å²) in [5, 5.41) is 0.879. The van der Waals surface area contributed by atoms with E-state index in [1.807, 2.05) is 13.0 Å².